The van der Waals surface area contributed by atoms with Crippen LogP contribution in [0.1, 0.15) is 59.9 Å². The van der Waals surface area contributed by atoms with Gasteiger partial charge in [-0.1, -0.05) is 46.9 Å². The van der Waals surface area contributed by atoms with Gasteiger partial charge in [-0.3, -0.25) is 0 Å². The minimum atomic E-state index is -1.05. The summed E-state index contributed by atoms with van der Waals surface area (Å²) in [6.45, 7) is 0.179. The lowest BCUT2D eigenvalue weighted by atomic mass is 9.65. The van der Waals surface area contributed by atoms with Crippen molar-refractivity contribution in [2.45, 2.75) is 49.7 Å². The molecule has 39 heavy (non-hydrogen) atoms. The molecule has 10 heteroatoms. The first kappa shape index (κ1) is 26.4. The van der Waals surface area contributed by atoms with Gasteiger partial charge in [0.1, 0.15) is 23.9 Å². The van der Waals surface area contributed by atoms with E-state index >= 15 is 0 Å². The normalized spacial score (nSPS) is 20.5. The predicted octanol–water partition coefficient (Wildman–Crippen LogP) is 7.60. The third-order valence-corrected chi connectivity index (χ3v) is 8.42. The third kappa shape index (κ3) is 4.97. The number of pyridine rings is 1. The Labute approximate surface area is 240 Å². The number of hydrogen-bond donors (Lipinski definition) is 1. The number of rotatable bonds is 8. The molecule has 0 amide bonds. The molecule has 2 aliphatic rings. The van der Waals surface area contributed by atoms with Gasteiger partial charge in [0.2, 0.25) is 5.88 Å². The molecule has 202 valence electrons. The van der Waals surface area contributed by atoms with E-state index in [0.717, 1.165) is 29.7 Å². The van der Waals surface area contributed by atoms with Crippen LogP contribution in [0, 0.1) is 5.82 Å². The summed E-state index contributed by atoms with van der Waals surface area (Å²) in [5.41, 5.74) is 2.84. The zero-order chi connectivity index (χ0) is 27.3. The maximum absolute atomic E-state index is 13.8. The Morgan fingerprint density at radius 2 is 1.77 bits per heavy atom. The minimum absolute atomic E-state index is 0.122. The second-order valence-electron chi connectivity index (χ2n) is 10.1. The van der Waals surface area contributed by atoms with Crippen LogP contribution in [0.4, 0.5) is 4.39 Å². The van der Waals surface area contributed by atoms with Gasteiger partial charge in [-0.2, -0.15) is 5.10 Å². The average Bonchev–Trinajstić information content (AvgIpc) is 3.65. The van der Waals surface area contributed by atoms with Crippen molar-refractivity contribution >= 4 is 34.8 Å². The third-order valence-electron chi connectivity index (χ3n) is 7.53. The van der Waals surface area contributed by atoms with Crippen molar-refractivity contribution in [3.05, 3.63) is 98.1 Å². The molecule has 2 saturated carbocycles. The Balaban J connectivity index is 1.21. The number of halogens is 4. The standard InChI is InChI=1S/C29H25Cl3FN3O3/c1-38-28-20(3-2-8-34-28)17-12-29(37,13-17)22-7-6-19(11-23(22)30)39-15-26-21(16-4-5-16)14-35-36(26)27-24(31)9-18(33)10-25(27)32/h2-3,6-11,14,16-17,37H,4-5,12-13,15H2,1H3/t17-,29+. The second-order valence-corrected chi connectivity index (χ2v) is 11.3. The molecule has 6 nitrogen and oxygen atoms in total. The van der Waals surface area contributed by atoms with Crippen molar-refractivity contribution in [2.24, 2.45) is 0 Å². The zero-order valence-electron chi connectivity index (χ0n) is 21.0. The highest BCUT2D eigenvalue weighted by Crippen LogP contribution is 2.54. The lowest BCUT2D eigenvalue weighted by molar-refractivity contribution is -0.0554. The Hall–Kier alpha value is -2.84. The van der Waals surface area contributed by atoms with Crippen molar-refractivity contribution in [3.8, 4) is 17.3 Å². The van der Waals surface area contributed by atoms with Crippen molar-refractivity contribution < 1.29 is 19.0 Å². The fraction of sp³-hybridized carbons (Fsp3) is 0.310. The highest BCUT2D eigenvalue weighted by molar-refractivity contribution is 6.37. The molecular formula is C29H25Cl3FN3O3. The summed E-state index contributed by atoms with van der Waals surface area (Å²) < 4.78 is 26.9. The molecule has 6 rings (SSSR count). The SMILES string of the molecule is COc1ncccc1[C@H]1C[C@](O)(c2ccc(OCc3c(C4CC4)cnn3-c3c(Cl)cc(F)cc3Cl)cc2Cl)C1. The average molecular weight is 589 g/mol. The van der Waals surface area contributed by atoms with Crippen LogP contribution in [0.15, 0.2) is 54.9 Å². The molecule has 0 bridgehead atoms. The topological polar surface area (TPSA) is 69.4 Å². The number of benzene rings is 2. The van der Waals surface area contributed by atoms with E-state index in [4.69, 9.17) is 44.3 Å². The van der Waals surface area contributed by atoms with Gasteiger partial charge < -0.3 is 14.6 Å². The second kappa shape index (κ2) is 10.3. The predicted molar refractivity (Wildman–Crippen MR) is 148 cm³/mol. The van der Waals surface area contributed by atoms with Crippen LogP contribution in [0.2, 0.25) is 15.1 Å². The van der Waals surface area contributed by atoms with Gasteiger partial charge in [0, 0.05) is 22.9 Å². The summed E-state index contributed by atoms with van der Waals surface area (Å²) in [6.07, 6.45) is 6.63. The van der Waals surface area contributed by atoms with Crippen molar-refractivity contribution in [3.63, 3.8) is 0 Å². The van der Waals surface area contributed by atoms with E-state index in [1.54, 1.807) is 42.4 Å². The van der Waals surface area contributed by atoms with Crippen LogP contribution >= 0.6 is 34.8 Å². The zero-order valence-corrected chi connectivity index (χ0v) is 23.3. The molecular weight excluding hydrogens is 564 g/mol. The largest absolute Gasteiger partial charge is 0.487 e. The molecule has 0 saturated heterocycles. The molecule has 2 heterocycles. The maximum Gasteiger partial charge on any atom is 0.216 e. The quantitative estimate of drug-likeness (QED) is 0.230. The first-order valence-corrected chi connectivity index (χ1v) is 13.8. The van der Waals surface area contributed by atoms with Gasteiger partial charge in [0.05, 0.1) is 39.7 Å². The van der Waals surface area contributed by atoms with E-state index in [2.05, 4.69) is 10.1 Å². The van der Waals surface area contributed by atoms with Gasteiger partial charge in [-0.15, -0.1) is 0 Å². The maximum atomic E-state index is 13.8. The molecule has 0 spiro atoms. The van der Waals surface area contributed by atoms with Gasteiger partial charge in [-0.05, 0) is 67.9 Å². The van der Waals surface area contributed by atoms with Crippen LogP contribution in [-0.4, -0.2) is 27.0 Å². The van der Waals surface area contributed by atoms with Crippen LogP contribution in [0.25, 0.3) is 5.69 Å². The number of nitrogens with zero attached hydrogens (tertiary/aromatic N) is 3. The lowest BCUT2D eigenvalue weighted by Gasteiger charge is -2.44. The summed E-state index contributed by atoms with van der Waals surface area (Å²) in [5.74, 6) is 1.11. The molecule has 0 atom stereocenters. The van der Waals surface area contributed by atoms with Gasteiger partial charge in [0.15, 0.2) is 0 Å². The highest BCUT2D eigenvalue weighted by Gasteiger charge is 2.46. The molecule has 2 aliphatic carbocycles. The summed E-state index contributed by atoms with van der Waals surface area (Å²) >= 11 is 19.4. The van der Waals surface area contributed by atoms with Crippen molar-refractivity contribution in [1.29, 1.82) is 0 Å². The Kier molecular flexibility index (Phi) is 6.96. The highest BCUT2D eigenvalue weighted by atomic mass is 35.5. The van der Waals surface area contributed by atoms with Gasteiger partial charge in [-0.25, -0.2) is 14.1 Å². The summed E-state index contributed by atoms with van der Waals surface area (Å²) in [6, 6.07) is 11.6. The number of ether oxygens (including phenoxy) is 2. The first-order valence-electron chi connectivity index (χ1n) is 12.6. The van der Waals surface area contributed by atoms with Crippen LogP contribution in [0.5, 0.6) is 11.6 Å². The Bertz CT molecular complexity index is 1530. The lowest BCUT2D eigenvalue weighted by Crippen LogP contribution is -2.40. The van der Waals surface area contributed by atoms with E-state index < -0.39 is 11.4 Å². The number of methoxy groups -OCH3 is 1. The Morgan fingerprint density at radius 1 is 1.03 bits per heavy atom. The monoisotopic (exact) mass is 587 g/mol. The number of aliphatic hydroxyl groups is 1. The van der Waals surface area contributed by atoms with Crippen molar-refractivity contribution in [1.82, 2.24) is 14.8 Å². The van der Waals surface area contributed by atoms with Gasteiger partial charge >= 0.3 is 0 Å². The van der Waals surface area contributed by atoms with E-state index in [-0.39, 0.29) is 22.6 Å². The van der Waals surface area contributed by atoms with Crippen LogP contribution in [-0.2, 0) is 12.2 Å². The molecule has 2 aromatic heterocycles. The fourth-order valence-corrected chi connectivity index (χ4v) is 6.36. The summed E-state index contributed by atoms with van der Waals surface area (Å²) in [7, 11) is 1.59. The van der Waals surface area contributed by atoms with Crippen LogP contribution in [0.3, 0.4) is 0 Å². The molecule has 1 N–H and O–H groups in total. The number of hydrogen-bond acceptors (Lipinski definition) is 5. The van der Waals surface area contributed by atoms with E-state index in [1.807, 2.05) is 12.1 Å². The molecule has 0 unspecified atom stereocenters. The van der Waals surface area contributed by atoms with Crippen LogP contribution < -0.4 is 9.47 Å². The van der Waals surface area contributed by atoms with E-state index in [1.165, 1.54) is 12.1 Å². The number of aromatic nitrogens is 3. The summed E-state index contributed by atoms with van der Waals surface area (Å²) in [5, 5.41) is 16.6. The molecule has 4 aromatic rings. The van der Waals surface area contributed by atoms with Crippen molar-refractivity contribution in [2.75, 3.05) is 7.11 Å². The van der Waals surface area contributed by atoms with Gasteiger partial charge in [0.25, 0.3) is 0 Å². The molecule has 0 aliphatic heterocycles. The Morgan fingerprint density at radius 3 is 2.44 bits per heavy atom. The fourth-order valence-electron chi connectivity index (χ4n) is 5.39. The molecule has 2 fully saturated rings. The smallest absolute Gasteiger partial charge is 0.216 e. The van der Waals surface area contributed by atoms with E-state index in [9.17, 15) is 9.50 Å². The molecule has 2 aromatic carbocycles. The van der Waals surface area contributed by atoms with E-state index in [0.29, 0.717) is 46.7 Å². The first-order chi connectivity index (χ1) is 18.8. The molecule has 0 radical (unpaired) electrons. The minimum Gasteiger partial charge on any atom is -0.487 e. The summed E-state index contributed by atoms with van der Waals surface area (Å²) in [4.78, 5) is 4.27.